The Kier molecular flexibility index (Phi) is 6.52. The molecule has 1 nitrogen and oxygen atoms in total. The van der Waals surface area contributed by atoms with Crippen LogP contribution < -0.4 is 0 Å². The number of allylic oxidation sites excluding steroid dienone is 6. The predicted molar refractivity (Wildman–Crippen MR) is 61.0 cm³/mol. The van der Waals surface area contributed by atoms with E-state index in [1.807, 2.05) is 45.1 Å². The molecule has 0 saturated carbocycles. The number of aliphatic imine (C=N–C) groups is 1. The molecule has 0 saturated heterocycles. The van der Waals surface area contributed by atoms with E-state index in [9.17, 15) is 0 Å². The summed E-state index contributed by atoms with van der Waals surface area (Å²) in [5.74, 6) is 0. The molecule has 0 rings (SSSR count). The van der Waals surface area contributed by atoms with Crippen molar-refractivity contribution in [1.82, 2.24) is 0 Å². The summed E-state index contributed by atoms with van der Waals surface area (Å²) in [6.07, 6.45) is 11.5. The Morgan fingerprint density at radius 3 is 1.92 bits per heavy atom. The van der Waals surface area contributed by atoms with E-state index in [4.69, 9.17) is 0 Å². The molecule has 0 aromatic heterocycles. The molecule has 0 spiro atoms. The summed E-state index contributed by atoms with van der Waals surface area (Å²) >= 11 is 0. The minimum absolute atomic E-state index is 0.902. The third kappa shape index (κ3) is 4.26. The lowest BCUT2D eigenvalue weighted by Gasteiger charge is -1.98. The van der Waals surface area contributed by atoms with Crippen LogP contribution in [0.3, 0.4) is 0 Å². The van der Waals surface area contributed by atoms with Gasteiger partial charge in [-0.3, -0.25) is 4.99 Å². The van der Waals surface area contributed by atoms with Gasteiger partial charge in [0.1, 0.15) is 0 Å². The molecule has 0 N–H and O–H groups in total. The first-order valence-electron chi connectivity index (χ1n) is 4.40. The molecule has 13 heavy (non-hydrogen) atoms. The van der Waals surface area contributed by atoms with Gasteiger partial charge >= 0.3 is 0 Å². The summed E-state index contributed by atoms with van der Waals surface area (Å²) in [6.45, 7) is 9.59. The number of rotatable bonds is 4. The van der Waals surface area contributed by atoms with E-state index in [0.29, 0.717) is 0 Å². The quantitative estimate of drug-likeness (QED) is 0.456. The average Bonchev–Trinajstić information content (AvgIpc) is 2.14. The van der Waals surface area contributed by atoms with Gasteiger partial charge in [0, 0.05) is 6.21 Å². The third-order valence-corrected chi connectivity index (χ3v) is 1.45. The van der Waals surface area contributed by atoms with Gasteiger partial charge < -0.3 is 0 Å². The van der Waals surface area contributed by atoms with E-state index in [2.05, 4.69) is 11.6 Å². The van der Waals surface area contributed by atoms with Gasteiger partial charge in [-0.1, -0.05) is 30.9 Å². The SMILES string of the molecule is C=CC(/N=C\C)=C(/C=C\C)/C=C\C. The molecule has 0 amide bonds. The van der Waals surface area contributed by atoms with Gasteiger partial charge in [0.05, 0.1) is 5.70 Å². The van der Waals surface area contributed by atoms with Crippen molar-refractivity contribution in [3.05, 3.63) is 48.2 Å². The molecule has 0 aliphatic carbocycles. The largest absolute Gasteiger partial charge is 0.261 e. The minimum Gasteiger partial charge on any atom is -0.261 e. The molecule has 0 bridgehead atoms. The molecule has 0 aliphatic rings. The van der Waals surface area contributed by atoms with E-state index >= 15 is 0 Å². The van der Waals surface area contributed by atoms with Crippen molar-refractivity contribution in [2.24, 2.45) is 4.99 Å². The van der Waals surface area contributed by atoms with E-state index in [-0.39, 0.29) is 0 Å². The highest BCUT2D eigenvalue weighted by Gasteiger charge is 1.92. The first-order valence-corrected chi connectivity index (χ1v) is 4.40. The Morgan fingerprint density at radius 1 is 1.08 bits per heavy atom. The Labute approximate surface area is 80.9 Å². The standard InChI is InChI=1S/C12H17N/c1-5-9-11(10-6-2)12(7-3)13-8-4/h5-10H,3H2,1-2,4H3/b9-5-,10-6-,13-8-. The summed E-state index contributed by atoms with van der Waals surface area (Å²) in [4.78, 5) is 4.21. The van der Waals surface area contributed by atoms with Crippen LogP contribution in [0.4, 0.5) is 0 Å². The first kappa shape index (κ1) is 11.6. The van der Waals surface area contributed by atoms with Crippen molar-refractivity contribution in [3.8, 4) is 0 Å². The topological polar surface area (TPSA) is 12.4 Å². The molecular weight excluding hydrogens is 158 g/mol. The van der Waals surface area contributed by atoms with Crippen molar-refractivity contribution >= 4 is 6.21 Å². The molecule has 70 valence electrons. The van der Waals surface area contributed by atoms with Crippen LogP contribution >= 0.6 is 0 Å². The summed E-state index contributed by atoms with van der Waals surface area (Å²) in [5.41, 5.74) is 1.98. The highest BCUT2D eigenvalue weighted by Crippen LogP contribution is 2.10. The van der Waals surface area contributed by atoms with Crippen molar-refractivity contribution < 1.29 is 0 Å². The zero-order chi connectivity index (χ0) is 10.1. The zero-order valence-corrected chi connectivity index (χ0v) is 8.62. The summed E-state index contributed by atoms with van der Waals surface area (Å²) < 4.78 is 0. The fourth-order valence-corrected chi connectivity index (χ4v) is 0.970. The fraction of sp³-hybridized carbons (Fsp3) is 0.250. The van der Waals surface area contributed by atoms with Crippen LogP contribution in [-0.4, -0.2) is 6.21 Å². The van der Waals surface area contributed by atoms with Crippen LogP contribution in [0.15, 0.2) is 53.2 Å². The number of hydrogen-bond acceptors (Lipinski definition) is 1. The van der Waals surface area contributed by atoms with E-state index in [0.717, 1.165) is 11.3 Å². The maximum absolute atomic E-state index is 4.21. The number of hydrogen-bond donors (Lipinski definition) is 0. The van der Waals surface area contributed by atoms with E-state index in [1.54, 1.807) is 12.3 Å². The average molecular weight is 175 g/mol. The highest BCUT2D eigenvalue weighted by atomic mass is 14.7. The van der Waals surface area contributed by atoms with Crippen LogP contribution in [-0.2, 0) is 0 Å². The minimum atomic E-state index is 0.902. The van der Waals surface area contributed by atoms with Crippen molar-refractivity contribution in [2.75, 3.05) is 0 Å². The molecule has 1 heteroatoms. The Morgan fingerprint density at radius 2 is 1.62 bits per heavy atom. The second-order valence-corrected chi connectivity index (χ2v) is 2.43. The summed E-state index contributed by atoms with van der Waals surface area (Å²) in [6, 6.07) is 0. The van der Waals surface area contributed by atoms with Gasteiger partial charge in [-0.25, -0.2) is 0 Å². The van der Waals surface area contributed by atoms with Gasteiger partial charge in [0.2, 0.25) is 0 Å². The highest BCUT2D eigenvalue weighted by molar-refractivity contribution is 5.57. The van der Waals surface area contributed by atoms with Gasteiger partial charge in [-0.2, -0.15) is 0 Å². The van der Waals surface area contributed by atoms with Gasteiger partial charge in [-0.15, -0.1) is 0 Å². The molecule has 0 unspecified atom stereocenters. The second-order valence-electron chi connectivity index (χ2n) is 2.43. The van der Waals surface area contributed by atoms with Crippen molar-refractivity contribution in [1.29, 1.82) is 0 Å². The second kappa shape index (κ2) is 7.29. The molecule has 0 aromatic rings. The smallest absolute Gasteiger partial charge is 0.0691 e. The molecule has 0 aromatic carbocycles. The van der Waals surface area contributed by atoms with Gasteiger partial charge in [0.15, 0.2) is 0 Å². The summed E-state index contributed by atoms with van der Waals surface area (Å²) in [7, 11) is 0. The van der Waals surface area contributed by atoms with Crippen LogP contribution in [0, 0.1) is 0 Å². The maximum atomic E-state index is 4.21. The lowest BCUT2D eigenvalue weighted by Crippen LogP contribution is -1.80. The molecule has 0 fully saturated rings. The fourth-order valence-electron chi connectivity index (χ4n) is 0.970. The molecule has 0 radical (unpaired) electrons. The van der Waals surface area contributed by atoms with Gasteiger partial charge in [0.25, 0.3) is 0 Å². The third-order valence-electron chi connectivity index (χ3n) is 1.45. The van der Waals surface area contributed by atoms with Crippen molar-refractivity contribution in [3.63, 3.8) is 0 Å². The summed E-state index contributed by atoms with van der Waals surface area (Å²) in [5, 5.41) is 0. The van der Waals surface area contributed by atoms with Crippen molar-refractivity contribution in [2.45, 2.75) is 20.8 Å². The Hall–Kier alpha value is -1.37. The normalized spacial score (nSPS) is 11.6. The lowest BCUT2D eigenvalue weighted by molar-refractivity contribution is 1.36. The Balaban J connectivity index is 5.10. The van der Waals surface area contributed by atoms with Gasteiger partial charge in [-0.05, 0) is 32.4 Å². The lowest BCUT2D eigenvalue weighted by atomic mass is 10.1. The molecule has 0 atom stereocenters. The molecule has 0 heterocycles. The van der Waals surface area contributed by atoms with Crippen LogP contribution in [0.25, 0.3) is 0 Å². The van der Waals surface area contributed by atoms with Crippen LogP contribution in [0.2, 0.25) is 0 Å². The number of nitrogens with zero attached hydrogens (tertiary/aromatic N) is 1. The first-order chi connectivity index (χ1) is 6.29. The van der Waals surface area contributed by atoms with E-state index < -0.39 is 0 Å². The van der Waals surface area contributed by atoms with Crippen LogP contribution in [0.1, 0.15) is 20.8 Å². The Bertz CT molecular complexity index is 251. The zero-order valence-electron chi connectivity index (χ0n) is 8.62. The monoisotopic (exact) mass is 175 g/mol. The predicted octanol–water partition coefficient (Wildman–Crippen LogP) is 3.67. The molecular formula is C12H17N. The maximum Gasteiger partial charge on any atom is 0.0691 e. The van der Waals surface area contributed by atoms with E-state index in [1.165, 1.54) is 0 Å². The molecule has 0 aliphatic heterocycles. The van der Waals surface area contributed by atoms with Crippen LogP contribution in [0.5, 0.6) is 0 Å².